The van der Waals surface area contributed by atoms with Gasteiger partial charge in [0, 0.05) is 31.1 Å². The molecule has 158 valence electrons. The molecule has 2 fully saturated rings. The number of aryl methyl sites for hydroxylation is 1. The average molecular weight is 447 g/mol. The number of ether oxygens (including phenoxy) is 2. The normalized spacial score (nSPS) is 19.3. The van der Waals surface area contributed by atoms with Crippen LogP contribution in [0.25, 0.3) is 0 Å². The fourth-order valence-corrected chi connectivity index (χ4v) is 5.05. The van der Waals surface area contributed by atoms with Crippen LogP contribution in [-0.4, -0.2) is 24.8 Å². The number of carbonyl (C=O) groups is 2. The van der Waals surface area contributed by atoms with E-state index in [1.807, 2.05) is 25.1 Å². The van der Waals surface area contributed by atoms with Gasteiger partial charge in [0.25, 0.3) is 0 Å². The number of halogens is 2. The van der Waals surface area contributed by atoms with Crippen LogP contribution in [0.4, 0.5) is 0 Å². The second-order valence-electron chi connectivity index (χ2n) is 8.22. The van der Waals surface area contributed by atoms with Gasteiger partial charge in [0.2, 0.25) is 0 Å². The van der Waals surface area contributed by atoms with E-state index in [1.54, 1.807) is 18.2 Å². The predicted molar refractivity (Wildman–Crippen MR) is 117 cm³/mol. The van der Waals surface area contributed by atoms with Crippen LogP contribution in [0, 0.1) is 5.41 Å². The monoisotopic (exact) mass is 446 g/mol. The van der Waals surface area contributed by atoms with Gasteiger partial charge in [0.05, 0.1) is 5.02 Å². The van der Waals surface area contributed by atoms with Crippen molar-refractivity contribution < 1.29 is 19.1 Å². The van der Waals surface area contributed by atoms with Crippen molar-refractivity contribution in [3.8, 4) is 11.5 Å². The molecule has 30 heavy (non-hydrogen) atoms. The Morgan fingerprint density at radius 2 is 1.73 bits per heavy atom. The van der Waals surface area contributed by atoms with Crippen molar-refractivity contribution in [2.45, 2.75) is 44.9 Å². The fraction of sp³-hybridized carbons (Fsp3) is 0.417. The maximum Gasteiger partial charge on any atom is 0.148 e. The molecular formula is C24H24Cl2O4. The van der Waals surface area contributed by atoms with E-state index in [2.05, 4.69) is 0 Å². The van der Waals surface area contributed by atoms with E-state index < -0.39 is 5.92 Å². The van der Waals surface area contributed by atoms with Crippen molar-refractivity contribution in [2.75, 3.05) is 13.2 Å². The van der Waals surface area contributed by atoms with Crippen LogP contribution in [0.5, 0.6) is 11.5 Å². The minimum absolute atomic E-state index is 0.00419. The number of Topliss-reactive ketones (excluding diaryl/α,β-unsaturated/α-hetero) is 2. The van der Waals surface area contributed by atoms with Crippen LogP contribution in [0.1, 0.15) is 49.7 Å². The molecule has 0 unspecified atom stereocenters. The first-order chi connectivity index (χ1) is 14.4. The summed E-state index contributed by atoms with van der Waals surface area (Å²) < 4.78 is 11.4. The van der Waals surface area contributed by atoms with E-state index in [1.165, 1.54) is 0 Å². The largest absolute Gasteiger partial charge is 0.456 e. The fourth-order valence-electron chi connectivity index (χ4n) is 4.60. The van der Waals surface area contributed by atoms with Gasteiger partial charge in [0.15, 0.2) is 0 Å². The third kappa shape index (κ3) is 4.27. The molecule has 0 bridgehead atoms. The van der Waals surface area contributed by atoms with Crippen LogP contribution >= 0.6 is 23.2 Å². The molecule has 0 N–H and O–H groups in total. The molecule has 4 rings (SSSR count). The van der Waals surface area contributed by atoms with Crippen LogP contribution < -0.4 is 4.74 Å². The zero-order valence-corrected chi connectivity index (χ0v) is 18.4. The molecule has 0 aromatic heterocycles. The number of benzene rings is 2. The first-order valence-corrected chi connectivity index (χ1v) is 11.1. The van der Waals surface area contributed by atoms with Crippen molar-refractivity contribution in [1.82, 2.24) is 0 Å². The molecule has 0 amide bonds. The number of hydrogen-bond donors (Lipinski definition) is 0. The van der Waals surface area contributed by atoms with E-state index >= 15 is 0 Å². The topological polar surface area (TPSA) is 52.6 Å². The number of rotatable bonds is 4. The molecule has 2 aliphatic rings. The van der Waals surface area contributed by atoms with Crippen LogP contribution in [0.2, 0.25) is 10.0 Å². The summed E-state index contributed by atoms with van der Waals surface area (Å²) in [7, 11) is 0. The quantitative estimate of drug-likeness (QED) is 0.527. The van der Waals surface area contributed by atoms with Crippen molar-refractivity contribution in [1.29, 1.82) is 0 Å². The minimum Gasteiger partial charge on any atom is -0.456 e. The number of hydrogen-bond acceptors (Lipinski definition) is 4. The van der Waals surface area contributed by atoms with E-state index in [0.29, 0.717) is 47.6 Å². The van der Waals surface area contributed by atoms with Crippen molar-refractivity contribution in [2.24, 2.45) is 5.41 Å². The second kappa shape index (κ2) is 8.70. The van der Waals surface area contributed by atoms with E-state index in [-0.39, 0.29) is 17.0 Å². The van der Waals surface area contributed by atoms with Crippen molar-refractivity contribution in [3.63, 3.8) is 0 Å². The highest BCUT2D eigenvalue weighted by molar-refractivity contribution is 6.35. The van der Waals surface area contributed by atoms with Gasteiger partial charge in [-0.1, -0.05) is 36.2 Å². The predicted octanol–water partition coefficient (Wildman–Crippen LogP) is 6.16. The maximum atomic E-state index is 13.2. The summed E-state index contributed by atoms with van der Waals surface area (Å²) in [5.41, 5.74) is 1.51. The molecule has 2 aromatic carbocycles. The highest BCUT2D eigenvalue weighted by Crippen LogP contribution is 2.46. The molecule has 0 atom stereocenters. The summed E-state index contributed by atoms with van der Waals surface area (Å²) in [4.78, 5) is 26.3. The van der Waals surface area contributed by atoms with Gasteiger partial charge in [-0.3, -0.25) is 9.59 Å². The maximum absolute atomic E-state index is 13.2. The molecule has 4 nitrogen and oxygen atoms in total. The van der Waals surface area contributed by atoms with E-state index in [4.69, 9.17) is 32.7 Å². The third-order valence-corrected chi connectivity index (χ3v) is 6.76. The molecule has 6 heteroatoms. The Bertz CT molecular complexity index is 959. The minimum atomic E-state index is -0.724. The average Bonchev–Trinajstić information content (AvgIpc) is 2.70. The molecular weight excluding hydrogens is 423 g/mol. The SMILES string of the molecule is CCc1ccc(Oc2ccc(Cl)cc2Cl)cc1C1C(=O)CC2(CCOCC2)CC1=O. The van der Waals surface area contributed by atoms with Crippen molar-refractivity contribution >= 4 is 34.8 Å². The zero-order chi connectivity index (χ0) is 21.3. The second-order valence-corrected chi connectivity index (χ2v) is 9.07. The lowest BCUT2D eigenvalue weighted by molar-refractivity contribution is -0.139. The molecule has 2 aromatic rings. The highest BCUT2D eigenvalue weighted by atomic mass is 35.5. The highest BCUT2D eigenvalue weighted by Gasteiger charge is 2.46. The van der Waals surface area contributed by atoms with Gasteiger partial charge < -0.3 is 9.47 Å². The van der Waals surface area contributed by atoms with Crippen LogP contribution in [-0.2, 0) is 20.7 Å². The third-order valence-electron chi connectivity index (χ3n) is 6.23. The molecule has 0 radical (unpaired) electrons. The molecule has 1 spiro atoms. The lowest BCUT2D eigenvalue weighted by Crippen LogP contribution is -2.42. The molecule has 1 saturated carbocycles. The van der Waals surface area contributed by atoms with Crippen molar-refractivity contribution in [3.05, 3.63) is 57.6 Å². The Kier molecular flexibility index (Phi) is 6.19. The molecule has 1 aliphatic carbocycles. The van der Waals surface area contributed by atoms with Gasteiger partial charge >= 0.3 is 0 Å². The summed E-state index contributed by atoms with van der Waals surface area (Å²) in [6.07, 6.45) is 3.15. The Hall–Kier alpha value is -1.88. The number of ketones is 2. The van der Waals surface area contributed by atoms with Gasteiger partial charge in [0.1, 0.15) is 29.0 Å². The smallest absolute Gasteiger partial charge is 0.148 e. The summed E-state index contributed by atoms with van der Waals surface area (Å²) in [5, 5.41) is 0.921. The number of carbonyl (C=O) groups excluding carboxylic acids is 2. The standard InChI is InChI=1S/C24H24Cl2O4/c1-2-15-3-5-17(30-22-6-4-16(25)11-19(22)26)12-18(15)23-20(27)13-24(14-21(23)28)7-9-29-10-8-24/h3-6,11-12,23H,2,7-10,13-14H2,1H3. The zero-order valence-electron chi connectivity index (χ0n) is 16.9. The molecule has 1 heterocycles. The van der Waals surface area contributed by atoms with Gasteiger partial charge in [-0.15, -0.1) is 0 Å². The van der Waals surface area contributed by atoms with Crippen LogP contribution in [0.15, 0.2) is 36.4 Å². The lowest BCUT2D eigenvalue weighted by atomic mass is 9.63. The van der Waals surface area contributed by atoms with Crippen LogP contribution in [0.3, 0.4) is 0 Å². The molecule has 1 saturated heterocycles. The first kappa shape index (κ1) is 21.4. The summed E-state index contributed by atoms with van der Waals surface area (Å²) in [5.74, 6) is 0.295. The van der Waals surface area contributed by atoms with Gasteiger partial charge in [-0.25, -0.2) is 0 Å². The van der Waals surface area contributed by atoms with E-state index in [0.717, 1.165) is 30.4 Å². The molecule has 1 aliphatic heterocycles. The Morgan fingerprint density at radius 1 is 1.03 bits per heavy atom. The Morgan fingerprint density at radius 3 is 2.37 bits per heavy atom. The summed E-state index contributed by atoms with van der Waals surface area (Å²) in [6.45, 7) is 3.26. The Labute approximate surface area is 186 Å². The van der Waals surface area contributed by atoms with Gasteiger partial charge in [-0.05, 0) is 66.1 Å². The summed E-state index contributed by atoms with van der Waals surface area (Å²) >= 11 is 12.2. The van der Waals surface area contributed by atoms with Gasteiger partial charge in [-0.2, -0.15) is 0 Å². The first-order valence-electron chi connectivity index (χ1n) is 10.3. The Balaban J connectivity index is 1.63. The van der Waals surface area contributed by atoms with E-state index in [9.17, 15) is 9.59 Å². The lowest BCUT2D eigenvalue weighted by Gasteiger charge is -2.41. The summed E-state index contributed by atoms with van der Waals surface area (Å²) in [6, 6.07) is 10.6.